The summed E-state index contributed by atoms with van der Waals surface area (Å²) in [6.07, 6.45) is 1.05. The molecule has 7 nitrogen and oxygen atoms in total. The first kappa shape index (κ1) is 23.8. The minimum atomic E-state index is -3.00. The third-order valence-electron chi connectivity index (χ3n) is 3.01. The Hall–Kier alpha value is -1.23. The summed E-state index contributed by atoms with van der Waals surface area (Å²) in [6.45, 7) is 5.28. The van der Waals surface area contributed by atoms with Gasteiger partial charge in [-0.3, -0.25) is 0 Å². The van der Waals surface area contributed by atoms with Crippen molar-refractivity contribution in [1.29, 1.82) is 0 Å². The maximum Gasteiger partial charge on any atom is 0.191 e. The van der Waals surface area contributed by atoms with Crippen molar-refractivity contribution in [3.05, 3.63) is 24.3 Å². The molecule has 0 saturated heterocycles. The Bertz CT molecular complexity index is 638. The Morgan fingerprint density at radius 1 is 1.24 bits per heavy atom. The topological polar surface area (TPSA) is 89.0 Å². The Balaban J connectivity index is 0.00000576. The van der Waals surface area contributed by atoms with E-state index in [2.05, 4.69) is 15.6 Å². The second-order valence-electron chi connectivity index (χ2n) is 5.36. The number of methoxy groups -OCH3 is 1. The molecule has 0 fully saturated rings. The molecule has 9 heteroatoms. The van der Waals surface area contributed by atoms with Crippen molar-refractivity contribution in [1.82, 2.24) is 10.6 Å². The average Bonchev–Trinajstić information content (AvgIpc) is 2.52. The molecule has 0 aromatic heterocycles. The van der Waals surface area contributed by atoms with Crippen LogP contribution in [0.15, 0.2) is 29.3 Å². The predicted molar refractivity (Wildman–Crippen MR) is 112 cm³/mol. The van der Waals surface area contributed by atoms with Crippen LogP contribution >= 0.6 is 24.0 Å². The third-order valence-corrected chi connectivity index (χ3v) is 3.96. The van der Waals surface area contributed by atoms with Gasteiger partial charge >= 0.3 is 0 Å². The molecule has 0 bridgehead atoms. The lowest BCUT2D eigenvalue weighted by atomic mass is 10.3. The van der Waals surface area contributed by atoms with Crippen molar-refractivity contribution < 1.29 is 17.9 Å². The number of hydrogen-bond donors (Lipinski definition) is 2. The van der Waals surface area contributed by atoms with Gasteiger partial charge < -0.3 is 20.1 Å². The number of hydrogen-bond acceptors (Lipinski definition) is 5. The third kappa shape index (κ3) is 10.4. The van der Waals surface area contributed by atoms with Crippen LogP contribution in [0.4, 0.5) is 0 Å². The number of rotatable bonds is 9. The number of halogens is 1. The Labute approximate surface area is 167 Å². The number of benzene rings is 1. The van der Waals surface area contributed by atoms with E-state index in [1.54, 1.807) is 7.11 Å². The van der Waals surface area contributed by atoms with Gasteiger partial charge in [0.15, 0.2) is 17.5 Å². The molecule has 1 unspecified atom stereocenters. The molecule has 1 atom stereocenters. The van der Waals surface area contributed by atoms with E-state index in [-0.39, 0.29) is 35.8 Å². The van der Waals surface area contributed by atoms with Crippen molar-refractivity contribution in [3.63, 3.8) is 0 Å². The van der Waals surface area contributed by atoms with Crippen LogP contribution in [-0.2, 0) is 9.84 Å². The van der Waals surface area contributed by atoms with Crippen LogP contribution in [0.5, 0.6) is 11.5 Å². The van der Waals surface area contributed by atoms with Gasteiger partial charge in [0.05, 0.1) is 19.4 Å². The largest absolute Gasteiger partial charge is 0.493 e. The number of para-hydroxylation sites is 2. The fraction of sp³-hybridized carbons (Fsp3) is 0.562. The van der Waals surface area contributed by atoms with Gasteiger partial charge in [-0.05, 0) is 26.0 Å². The summed E-state index contributed by atoms with van der Waals surface area (Å²) in [4.78, 5) is 4.42. The molecule has 2 N–H and O–H groups in total. The first-order valence-electron chi connectivity index (χ1n) is 7.85. The van der Waals surface area contributed by atoms with Crippen molar-refractivity contribution in [2.75, 3.05) is 38.8 Å². The van der Waals surface area contributed by atoms with Gasteiger partial charge in [0.25, 0.3) is 0 Å². The lowest BCUT2D eigenvalue weighted by Crippen LogP contribution is -2.40. The number of sulfone groups is 1. The van der Waals surface area contributed by atoms with Crippen LogP contribution in [0.1, 0.15) is 13.8 Å². The van der Waals surface area contributed by atoms with Gasteiger partial charge in [-0.2, -0.15) is 0 Å². The van der Waals surface area contributed by atoms with Crippen molar-refractivity contribution in [3.8, 4) is 11.5 Å². The van der Waals surface area contributed by atoms with Gasteiger partial charge in [-0.25, -0.2) is 13.4 Å². The number of aliphatic imine (C=N–C) groups is 1. The number of guanidine groups is 1. The Kier molecular flexibility index (Phi) is 11.6. The maximum atomic E-state index is 11.2. The van der Waals surface area contributed by atoms with E-state index >= 15 is 0 Å². The van der Waals surface area contributed by atoms with Crippen LogP contribution in [0.2, 0.25) is 0 Å². The van der Waals surface area contributed by atoms with Crippen molar-refractivity contribution in [2.45, 2.75) is 20.0 Å². The zero-order chi connectivity index (χ0) is 18.0. The van der Waals surface area contributed by atoms with Crippen LogP contribution in [-0.4, -0.2) is 59.2 Å². The summed E-state index contributed by atoms with van der Waals surface area (Å²) < 4.78 is 33.4. The first-order chi connectivity index (χ1) is 11.4. The minimum absolute atomic E-state index is 0. The molecule has 0 amide bonds. The predicted octanol–water partition coefficient (Wildman–Crippen LogP) is 1.68. The van der Waals surface area contributed by atoms with Crippen molar-refractivity contribution >= 4 is 39.8 Å². The molecule has 0 aliphatic heterocycles. The molecule has 0 aliphatic rings. The van der Waals surface area contributed by atoms with E-state index < -0.39 is 9.84 Å². The highest BCUT2D eigenvalue weighted by Crippen LogP contribution is 2.26. The lowest BCUT2D eigenvalue weighted by molar-refractivity contribution is 0.219. The summed E-state index contributed by atoms with van der Waals surface area (Å²) >= 11 is 0. The SMILES string of the molecule is CCNC(=NCC(C)Oc1ccccc1OC)NCCS(C)(=O)=O.I. The van der Waals surface area contributed by atoms with E-state index in [0.29, 0.717) is 37.1 Å². The molecular weight excluding hydrogens is 457 g/mol. The molecule has 0 aliphatic carbocycles. The molecule has 1 rings (SSSR count). The number of nitrogens with zero attached hydrogens (tertiary/aromatic N) is 1. The molecule has 1 aromatic carbocycles. The van der Waals surface area contributed by atoms with Crippen molar-refractivity contribution in [2.24, 2.45) is 4.99 Å². The summed E-state index contributed by atoms with van der Waals surface area (Å²) in [6, 6.07) is 7.44. The second kappa shape index (κ2) is 12.2. The molecule has 1 aromatic rings. The van der Waals surface area contributed by atoms with Crippen LogP contribution in [0, 0.1) is 0 Å². The zero-order valence-electron chi connectivity index (χ0n) is 15.1. The second-order valence-corrected chi connectivity index (χ2v) is 7.62. The van der Waals surface area contributed by atoms with Gasteiger partial charge in [0.1, 0.15) is 15.9 Å². The standard InChI is InChI=1S/C16H27N3O4S.HI/c1-5-17-16(18-10-11-24(4,20)21)19-12-13(2)23-15-9-7-6-8-14(15)22-3;/h6-9,13H,5,10-12H2,1-4H3,(H2,17,18,19);1H. The normalized spacial score (nSPS) is 12.7. The molecule has 0 spiro atoms. The zero-order valence-corrected chi connectivity index (χ0v) is 18.3. The first-order valence-corrected chi connectivity index (χ1v) is 9.91. The van der Waals surface area contributed by atoms with Gasteiger partial charge in [0, 0.05) is 19.3 Å². The van der Waals surface area contributed by atoms with E-state index in [0.717, 1.165) is 0 Å². The summed E-state index contributed by atoms with van der Waals surface area (Å²) in [7, 11) is -1.40. The summed E-state index contributed by atoms with van der Waals surface area (Å²) in [5.74, 6) is 1.96. The van der Waals surface area contributed by atoms with Crippen LogP contribution in [0.25, 0.3) is 0 Å². The molecular formula is C16H28IN3O4S. The van der Waals surface area contributed by atoms with Gasteiger partial charge in [0.2, 0.25) is 0 Å². The monoisotopic (exact) mass is 485 g/mol. The van der Waals surface area contributed by atoms with Crippen LogP contribution < -0.4 is 20.1 Å². The quantitative estimate of drug-likeness (QED) is 0.315. The van der Waals surface area contributed by atoms with Crippen LogP contribution in [0.3, 0.4) is 0 Å². The number of nitrogens with one attached hydrogen (secondary N) is 2. The molecule has 0 heterocycles. The molecule has 144 valence electrons. The van der Waals surface area contributed by atoms with E-state index in [9.17, 15) is 8.42 Å². The highest BCUT2D eigenvalue weighted by molar-refractivity contribution is 14.0. The smallest absolute Gasteiger partial charge is 0.191 e. The highest BCUT2D eigenvalue weighted by Gasteiger charge is 2.09. The highest BCUT2D eigenvalue weighted by atomic mass is 127. The van der Waals surface area contributed by atoms with E-state index in [4.69, 9.17) is 9.47 Å². The molecule has 0 radical (unpaired) electrons. The maximum absolute atomic E-state index is 11.2. The Morgan fingerprint density at radius 2 is 1.88 bits per heavy atom. The van der Waals surface area contributed by atoms with Gasteiger partial charge in [-0.15, -0.1) is 24.0 Å². The van der Waals surface area contributed by atoms with E-state index in [1.165, 1.54) is 6.26 Å². The van der Waals surface area contributed by atoms with E-state index in [1.807, 2.05) is 38.1 Å². The van der Waals surface area contributed by atoms with Gasteiger partial charge in [-0.1, -0.05) is 12.1 Å². The fourth-order valence-electron chi connectivity index (χ4n) is 1.89. The summed E-state index contributed by atoms with van der Waals surface area (Å²) in [5, 5.41) is 6.07. The average molecular weight is 485 g/mol. The lowest BCUT2D eigenvalue weighted by Gasteiger charge is -2.16. The molecule has 0 saturated carbocycles. The fourth-order valence-corrected chi connectivity index (χ4v) is 2.36. The minimum Gasteiger partial charge on any atom is -0.493 e. The summed E-state index contributed by atoms with van der Waals surface area (Å²) in [5.41, 5.74) is 0. The molecule has 25 heavy (non-hydrogen) atoms. The number of ether oxygens (including phenoxy) is 2. The Morgan fingerprint density at radius 3 is 2.44 bits per heavy atom.